The number of fused-ring (bicyclic) bond motifs is 1. The molecule has 3 rings (SSSR count). The van der Waals surface area contributed by atoms with Crippen LogP contribution < -0.4 is 15.2 Å². The highest BCUT2D eigenvalue weighted by atomic mass is 16.5. The third-order valence-corrected chi connectivity index (χ3v) is 3.59. The van der Waals surface area contributed by atoms with Gasteiger partial charge in [0.2, 0.25) is 5.88 Å². The number of rotatable bonds is 7. The van der Waals surface area contributed by atoms with Gasteiger partial charge >= 0.3 is 11.7 Å². The molecule has 3 heterocycles. The monoisotopic (exact) mass is 346 g/mol. The van der Waals surface area contributed by atoms with Crippen molar-refractivity contribution in [3.8, 4) is 23.1 Å². The lowest BCUT2D eigenvalue weighted by Crippen LogP contribution is -2.17. The molecule has 0 aliphatic heterocycles. The van der Waals surface area contributed by atoms with Gasteiger partial charge in [0.25, 0.3) is 0 Å². The van der Waals surface area contributed by atoms with Crippen LogP contribution in [0.4, 0.5) is 0 Å². The van der Waals surface area contributed by atoms with E-state index in [1.807, 2.05) is 0 Å². The van der Waals surface area contributed by atoms with Crippen LogP contribution in [-0.2, 0) is 11.3 Å². The zero-order valence-corrected chi connectivity index (χ0v) is 14.1. The van der Waals surface area contributed by atoms with Gasteiger partial charge in [-0.15, -0.1) is 0 Å². The number of nitrogens with one attached hydrogen (secondary N) is 1. The molecule has 0 saturated heterocycles. The van der Waals surface area contributed by atoms with Gasteiger partial charge in [0, 0.05) is 26.5 Å². The molecular weight excluding hydrogens is 328 g/mol. The van der Waals surface area contributed by atoms with Crippen LogP contribution in [0.3, 0.4) is 0 Å². The minimum atomic E-state index is -0.263. The molecule has 0 atom stereocenters. The molecule has 0 aliphatic rings. The Balaban J connectivity index is 2.01. The van der Waals surface area contributed by atoms with Crippen LogP contribution in [0.2, 0.25) is 0 Å². The van der Waals surface area contributed by atoms with Crippen molar-refractivity contribution < 1.29 is 14.2 Å². The lowest BCUT2D eigenvalue weighted by atomic mass is 10.2. The predicted octanol–water partition coefficient (Wildman–Crippen LogP) is 0.630. The van der Waals surface area contributed by atoms with Crippen LogP contribution in [0.15, 0.2) is 17.2 Å². The Kier molecular flexibility index (Phi) is 4.89. The number of hydrogen-bond acceptors (Lipinski definition) is 8. The predicted molar refractivity (Wildman–Crippen MR) is 88.8 cm³/mol. The Morgan fingerprint density at radius 2 is 1.96 bits per heavy atom. The van der Waals surface area contributed by atoms with Crippen molar-refractivity contribution >= 4 is 11.3 Å². The first-order valence-electron chi connectivity index (χ1n) is 7.57. The van der Waals surface area contributed by atoms with Gasteiger partial charge in [-0.1, -0.05) is 0 Å². The Labute approximate surface area is 142 Å². The summed E-state index contributed by atoms with van der Waals surface area (Å²) in [7, 11) is 4.58. The molecule has 132 valence electrons. The van der Waals surface area contributed by atoms with Crippen LogP contribution in [0.5, 0.6) is 11.9 Å². The number of aryl methyl sites for hydroxylation is 1. The Bertz CT molecular complexity index is 935. The first-order valence-corrected chi connectivity index (χ1v) is 7.57. The van der Waals surface area contributed by atoms with Crippen LogP contribution in [0.1, 0.15) is 6.42 Å². The Hall–Kier alpha value is -3.01. The minimum Gasteiger partial charge on any atom is -0.480 e. The molecule has 3 aromatic heterocycles. The van der Waals surface area contributed by atoms with Gasteiger partial charge < -0.3 is 14.2 Å². The maximum atomic E-state index is 12.1. The molecular formula is C15H18N6O4. The summed E-state index contributed by atoms with van der Waals surface area (Å²) in [6.07, 6.45) is 3.79. The van der Waals surface area contributed by atoms with E-state index in [2.05, 4.69) is 24.9 Å². The normalized spacial score (nSPS) is 11.0. The molecule has 0 bridgehead atoms. The summed E-state index contributed by atoms with van der Waals surface area (Å²) >= 11 is 0. The highest BCUT2D eigenvalue weighted by molar-refractivity contribution is 5.72. The van der Waals surface area contributed by atoms with Crippen LogP contribution >= 0.6 is 0 Å². The molecule has 25 heavy (non-hydrogen) atoms. The molecule has 0 unspecified atom stereocenters. The van der Waals surface area contributed by atoms with E-state index in [-0.39, 0.29) is 11.7 Å². The van der Waals surface area contributed by atoms with Crippen molar-refractivity contribution in [3.05, 3.63) is 22.9 Å². The first kappa shape index (κ1) is 16.8. The van der Waals surface area contributed by atoms with Gasteiger partial charge in [0.05, 0.1) is 31.7 Å². The molecule has 0 spiro atoms. The quantitative estimate of drug-likeness (QED) is 0.619. The lowest BCUT2D eigenvalue weighted by Gasteiger charge is -2.07. The summed E-state index contributed by atoms with van der Waals surface area (Å²) in [6.45, 7) is 1.06. The first-order chi connectivity index (χ1) is 12.2. The number of aromatic nitrogens is 6. The van der Waals surface area contributed by atoms with E-state index in [0.717, 1.165) is 0 Å². The zero-order chi connectivity index (χ0) is 17.8. The molecule has 0 amide bonds. The maximum absolute atomic E-state index is 12.1. The van der Waals surface area contributed by atoms with Gasteiger partial charge in [0.1, 0.15) is 0 Å². The average Bonchev–Trinajstić information content (AvgIpc) is 2.96. The summed E-state index contributed by atoms with van der Waals surface area (Å²) in [6, 6.07) is 0.187. The van der Waals surface area contributed by atoms with Gasteiger partial charge in [0.15, 0.2) is 11.3 Å². The second-order valence-electron chi connectivity index (χ2n) is 5.14. The lowest BCUT2D eigenvalue weighted by molar-refractivity contribution is 0.190. The van der Waals surface area contributed by atoms with Crippen molar-refractivity contribution in [1.82, 2.24) is 29.5 Å². The Morgan fingerprint density at radius 3 is 2.68 bits per heavy atom. The van der Waals surface area contributed by atoms with Crippen molar-refractivity contribution in [1.29, 1.82) is 0 Å². The second-order valence-corrected chi connectivity index (χ2v) is 5.14. The number of H-pyrrole nitrogens is 1. The molecule has 1 N–H and O–H groups in total. The summed E-state index contributed by atoms with van der Waals surface area (Å²) in [5.74, 6) is 0.308. The minimum absolute atomic E-state index is 0.187. The van der Waals surface area contributed by atoms with Crippen molar-refractivity contribution in [2.45, 2.75) is 13.0 Å². The highest BCUT2D eigenvalue weighted by Crippen LogP contribution is 2.27. The molecule has 0 aromatic carbocycles. The summed E-state index contributed by atoms with van der Waals surface area (Å²) < 4.78 is 16.8. The summed E-state index contributed by atoms with van der Waals surface area (Å²) in [5, 5.41) is 0. The van der Waals surface area contributed by atoms with Crippen molar-refractivity contribution in [2.75, 3.05) is 27.9 Å². The number of aromatic amines is 1. The smallest absolute Gasteiger partial charge is 0.328 e. The van der Waals surface area contributed by atoms with Gasteiger partial charge in [-0.25, -0.2) is 19.7 Å². The van der Waals surface area contributed by atoms with Crippen LogP contribution in [-0.4, -0.2) is 57.4 Å². The van der Waals surface area contributed by atoms with E-state index < -0.39 is 0 Å². The summed E-state index contributed by atoms with van der Waals surface area (Å²) in [4.78, 5) is 31.8. The molecule has 10 heteroatoms. The van der Waals surface area contributed by atoms with Crippen LogP contribution in [0, 0.1) is 0 Å². The van der Waals surface area contributed by atoms with E-state index in [9.17, 15) is 4.79 Å². The fourth-order valence-electron chi connectivity index (χ4n) is 2.41. The molecule has 10 nitrogen and oxygen atoms in total. The van der Waals surface area contributed by atoms with Gasteiger partial charge in [-0.3, -0.25) is 9.55 Å². The van der Waals surface area contributed by atoms with E-state index in [0.29, 0.717) is 48.0 Å². The van der Waals surface area contributed by atoms with Crippen molar-refractivity contribution in [2.24, 2.45) is 0 Å². The average molecular weight is 346 g/mol. The number of methoxy groups -OCH3 is 3. The Morgan fingerprint density at radius 1 is 1.12 bits per heavy atom. The molecule has 0 saturated carbocycles. The van der Waals surface area contributed by atoms with E-state index in [4.69, 9.17) is 14.2 Å². The number of nitrogens with zero attached hydrogens (tertiary/aromatic N) is 5. The largest absolute Gasteiger partial charge is 0.480 e. The molecule has 0 fully saturated rings. The number of ether oxygens (including phenoxy) is 3. The molecule has 0 aliphatic carbocycles. The van der Waals surface area contributed by atoms with Gasteiger partial charge in [-0.2, -0.15) is 4.98 Å². The van der Waals surface area contributed by atoms with Gasteiger partial charge in [-0.05, 0) is 6.42 Å². The van der Waals surface area contributed by atoms with Crippen molar-refractivity contribution in [3.63, 3.8) is 0 Å². The second kappa shape index (κ2) is 7.26. The highest BCUT2D eigenvalue weighted by Gasteiger charge is 2.15. The maximum Gasteiger partial charge on any atom is 0.328 e. The third kappa shape index (κ3) is 3.29. The zero-order valence-electron chi connectivity index (χ0n) is 14.1. The number of imidazole rings is 1. The fraction of sp³-hybridized carbons (Fsp3) is 0.400. The number of hydrogen-bond donors (Lipinski definition) is 1. The molecule has 0 radical (unpaired) electrons. The molecule has 3 aromatic rings. The van der Waals surface area contributed by atoms with E-state index in [1.165, 1.54) is 25.0 Å². The fourth-order valence-corrected chi connectivity index (χ4v) is 2.41. The SMILES string of the molecule is COCCCn1c(=O)[nH]c2nc(-c3cnc(OC)nc3OC)cnc21. The summed E-state index contributed by atoms with van der Waals surface area (Å²) in [5.41, 5.74) is 1.64. The van der Waals surface area contributed by atoms with Crippen LogP contribution in [0.25, 0.3) is 22.6 Å². The standard InChI is InChI=1S/C15H18N6O4/c1-23-6-4-5-21-12-11(19-15(21)22)18-10(8-16-12)9-7-17-14(25-3)20-13(9)24-2/h7-8H,4-6H2,1-3H3,(H,18,19,22). The van der Waals surface area contributed by atoms with E-state index >= 15 is 0 Å². The third-order valence-electron chi connectivity index (χ3n) is 3.59. The topological polar surface area (TPSA) is 117 Å². The van der Waals surface area contributed by atoms with E-state index in [1.54, 1.807) is 13.3 Å².